The van der Waals surface area contributed by atoms with Crippen molar-refractivity contribution in [1.82, 2.24) is 4.90 Å². The Morgan fingerprint density at radius 2 is 2.16 bits per heavy atom. The minimum absolute atomic E-state index is 0.160. The third-order valence-corrected chi connectivity index (χ3v) is 4.23. The van der Waals surface area contributed by atoms with Gasteiger partial charge < -0.3 is 10.2 Å². The number of nitrogens with two attached hydrogens (primary N) is 1. The Labute approximate surface area is 119 Å². The first-order valence-electron chi connectivity index (χ1n) is 6.83. The first kappa shape index (κ1) is 14.3. The molecule has 0 radical (unpaired) electrons. The van der Waals surface area contributed by atoms with Gasteiger partial charge >= 0.3 is 0 Å². The summed E-state index contributed by atoms with van der Waals surface area (Å²) in [6, 6.07) is 8.53. The summed E-state index contributed by atoms with van der Waals surface area (Å²) < 4.78 is 5.87. The normalized spacial score (nSPS) is 13.1. The van der Waals surface area contributed by atoms with Crippen LogP contribution in [0.15, 0.2) is 34.1 Å². The molecule has 0 bridgehead atoms. The highest BCUT2D eigenvalue weighted by atomic mass is 32.1. The maximum absolute atomic E-state index is 5.96. The van der Waals surface area contributed by atoms with Gasteiger partial charge in [-0.3, -0.25) is 4.90 Å². The summed E-state index contributed by atoms with van der Waals surface area (Å²) in [5.74, 6) is 2.01. The first-order chi connectivity index (χ1) is 9.28. The van der Waals surface area contributed by atoms with E-state index >= 15 is 0 Å². The van der Waals surface area contributed by atoms with E-state index in [1.807, 2.05) is 0 Å². The van der Waals surface area contributed by atoms with Crippen molar-refractivity contribution in [2.24, 2.45) is 5.73 Å². The molecule has 0 saturated carbocycles. The standard InChI is InChI=1S/C15H22N2OS/c1-3-12-7-8-15(18-12)14(10-16)17(4-2)11-13-6-5-9-19-13/h5-9,14H,3-4,10-11,16H2,1-2H3. The molecule has 0 saturated heterocycles. The molecule has 0 amide bonds. The van der Waals surface area contributed by atoms with Crippen molar-refractivity contribution in [3.63, 3.8) is 0 Å². The third kappa shape index (κ3) is 3.47. The van der Waals surface area contributed by atoms with Gasteiger partial charge in [0.25, 0.3) is 0 Å². The number of aryl methyl sites for hydroxylation is 1. The van der Waals surface area contributed by atoms with Crippen LogP contribution in [0.2, 0.25) is 0 Å². The molecule has 0 aromatic carbocycles. The van der Waals surface area contributed by atoms with Gasteiger partial charge in [-0.15, -0.1) is 11.3 Å². The molecular weight excluding hydrogens is 256 g/mol. The molecule has 2 aromatic rings. The summed E-state index contributed by atoms with van der Waals surface area (Å²) in [5.41, 5.74) is 5.96. The van der Waals surface area contributed by atoms with E-state index in [0.29, 0.717) is 6.54 Å². The quantitative estimate of drug-likeness (QED) is 0.843. The van der Waals surface area contributed by atoms with Gasteiger partial charge in [-0.1, -0.05) is 19.9 Å². The predicted octanol–water partition coefficient (Wildman–Crippen LogP) is 3.43. The highest BCUT2D eigenvalue weighted by Gasteiger charge is 2.21. The van der Waals surface area contributed by atoms with E-state index in [2.05, 4.69) is 48.4 Å². The maximum atomic E-state index is 5.96. The van der Waals surface area contributed by atoms with Crippen LogP contribution in [-0.4, -0.2) is 18.0 Å². The summed E-state index contributed by atoms with van der Waals surface area (Å²) >= 11 is 1.79. The Bertz CT molecular complexity index is 478. The molecule has 1 atom stereocenters. The van der Waals surface area contributed by atoms with Crippen LogP contribution in [0.4, 0.5) is 0 Å². The van der Waals surface area contributed by atoms with Gasteiger partial charge in [-0.05, 0) is 30.1 Å². The minimum atomic E-state index is 0.160. The smallest absolute Gasteiger partial charge is 0.122 e. The van der Waals surface area contributed by atoms with Gasteiger partial charge in [-0.25, -0.2) is 0 Å². The average Bonchev–Trinajstić information content (AvgIpc) is 3.09. The zero-order valence-electron chi connectivity index (χ0n) is 11.6. The van der Waals surface area contributed by atoms with Crippen LogP contribution in [-0.2, 0) is 13.0 Å². The fourth-order valence-corrected chi connectivity index (χ4v) is 2.98. The lowest BCUT2D eigenvalue weighted by molar-refractivity contribution is 0.180. The fraction of sp³-hybridized carbons (Fsp3) is 0.467. The second kappa shape index (κ2) is 6.89. The number of nitrogens with zero attached hydrogens (tertiary/aromatic N) is 1. The molecule has 0 aliphatic heterocycles. The van der Waals surface area contributed by atoms with Crippen molar-refractivity contribution < 1.29 is 4.42 Å². The SMILES string of the molecule is CCc1ccc(C(CN)N(CC)Cc2cccs2)o1. The molecule has 1 unspecified atom stereocenters. The van der Waals surface area contributed by atoms with Crippen molar-refractivity contribution in [2.45, 2.75) is 32.9 Å². The van der Waals surface area contributed by atoms with E-state index in [-0.39, 0.29) is 6.04 Å². The largest absolute Gasteiger partial charge is 0.464 e. The monoisotopic (exact) mass is 278 g/mol. The van der Waals surface area contributed by atoms with Gasteiger partial charge in [0.05, 0.1) is 6.04 Å². The highest BCUT2D eigenvalue weighted by molar-refractivity contribution is 7.09. The van der Waals surface area contributed by atoms with E-state index < -0.39 is 0 Å². The highest BCUT2D eigenvalue weighted by Crippen LogP contribution is 2.25. The number of thiophene rings is 1. The molecule has 0 fully saturated rings. The Balaban J connectivity index is 2.13. The summed E-state index contributed by atoms with van der Waals surface area (Å²) in [5, 5.41) is 2.11. The van der Waals surface area contributed by atoms with Gasteiger partial charge in [0.1, 0.15) is 11.5 Å². The second-order valence-electron chi connectivity index (χ2n) is 4.55. The average molecular weight is 278 g/mol. The molecule has 2 rings (SSSR count). The third-order valence-electron chi connectivity index (χ3n) is 3.37. The lowest BCUT2D eigenvalue weighted by Gasteiger charge is -2.27. The molecule has 4 heteroatoms. The number of furan rings is 1. The van der Waals surface area contributed by atoms with Crippen LogP contribution in [0.5, 0.6) is 0 Å². The second-order valence-corrected chi connectivity index (χ2v) is 5.58. The number of rotatable bonds is 7. The fourth-order valence-electron chi connectivity index (χ4n) is 2.25. The topological polar surface area (TPSA) is 42.4 Å². The van der Waals surface area contributed by atoms with E-state index in [0.717, 1.165) is 31.0 Å². The number of hydrogen-bond donors (Lipinski definition) is 1. The number of likely N-dealkylation sites (N-methyl/N-ethyl adjacent to an activating group) is 1. The lowest BCUT2D eigenvalue weighted by atomic mass is 10.2. The Kier molecular flexibility index (Phi) is 5.19. The van der Waals surface area contributed by atoms with Gasteiger partial charge in [0, 0.05) is 24.4 Å². The molecule has 2 aromatic heterocycles. The summed E-state index contributed by atoms with van der Waals surface area (Å²) in [6.07, 6.45) is 0.925. The zero-order chi connectivity index (χ0) is 13.7. The van der Waals surface area contributed by atoms with Crippen LogP contribution in [0.3, 0.4) is 0 Å². The predicted molar refractivity (Wildman–Crippen MR) is 80.3 cm³/mol. The first-order valence-corrected chi connectivity index (χ1v) is 7.71. The van der Waals surface area contributed by atoms with Crippen LogP contribution in [0.1, 0.15) is 36.3 Å². The molecule has 19 heavy (non-hydrogen) atoms. The maximum Gasteiger partial charge on any atom is 0.122 e. The van der Waals surface area contributed by atoms with Crippen molar-refractivity contribution in [1.29, 1.82) is 0 Å². The van der Waals surface area contributed by atoms with Crippen molar-refractivity contribution in [3.05, 3.63) is 46.0 Å². The molecule has 2 N–H and O–H groups in total. The van der Waals surface area contributed by atoms with E-state index in [1.165, 1.54) is 4.88 Å². The molecule has 0 spiro atoms. The van der Waals surface area contributed by atoms with Crippen LogP contribution < -0.4 is 5.73 Å². The molecule has 104 valence electrons. The summed E-state index contributed by atoms with van der Waals surface area (Å²) in [4.78, 5) is 3.73. The van der Waals surface area contributed by atoms with Gasteiger partial charge in [0.2, 0.25) is 0 Å². The lowest BCUT2D eigenvalue weighted by Crippen LogP contribution is -2.32. The molecule has 2 heterocycles. The molecule has 3 nitrogen and oxygen atoms in total. The van der Waals surface area contributed by atoms with Crippen molar-refractivity contribution in [2.75, 3.05) is 13.1 Å². The van der Waals surface area contributed by atoms with E-state index in [1.54, 1.807) is 11.3 Å². The molecule has 0 aliphatic rings. The van der Waals surface area contributed by atoms with Crippen LogP contribution in [0.25, 0.3) is 0 Å². The van der Waals surface area contributed by atoms with E-state index in [4.69, 9.17) is 10.2 Å². The minimum Gasteiger partial charge on any atom is -0.464 e. The number of hydrogen-bond acceptors (Lipinski definition) is 4. The van der Waals surface area contributed by atoms with Crippen molar-refractivity contribution >= 4 is 11.3 Å². The van der Waals surface area contributed by atoms with Gasteiger partial charge in [-0.2, -0.15) is 0 Å². The summed E-state index contributed by atoms with van der Waals surface area (Å²) in [7, 11) is 0. The van der Waals surface area contributed by atoms with E-state index in [9.17, 15) is 0 Å². The zero-order valence-corrected chi connectivity index (χ0v) is 12.5. The summed E-state index contributed by atoms with van der Waals surface area (Å²) in [6.45, 7) is 6.74. The Hall–Kier alpha value is -1.10. The Morgan fingerprint density at radius 3 is 2.68 bits per heavy atom. The molecular formula is C15H22N2OS. The molecule has 0 aliphatic carbocycles. The van der Waals surface area contributed by atoms with Crippen LogP contribution in [0, 0.1) is 0 Å². The van der Waals surface area contributed by atoms with Gasteiger partial charge in [0.15, 0.2) is 0 Å². The van der Waals surface area contributed by atoms with Crippen LogP contribution >= 0.6 is 11.3 Å². The van der Waals surface area contributed by atoms with Crippen molar-refractivity contribution in [3.8, 4) is 0 Å². The Morgan fingerprint density at radius 1 is 1.32 bits per heavy atom.